The van der Waals surface area contributed by atoms with Crippen LogP contribution in [-0.4, -0.2) is 24.2 Å². The van der Waals surface area contributed by atoms with Gasteiger partial charge < -0.3 is 9.30 Å². The van der Waals surface area contributed by atoms with Crippen molar-refractivity contribution in [2.24, 2.45) is 16.8 Å². The van der Waals surface area contributed by atoms with Gasteiger partial charge in [0.05, 0.1) is 6.61 Å². The number of aromatic nitrogens is 1. The van der Waals surface area contributed by atoms with Crippen molar-refractivity contribution >= 4 is 17.2 Å². The highest BCUT2D eigenvalue weighted by Crippen LogP contribution is 2.30. The summed E-state index contributed by atoms with van der Waals surface area (Å²) < 4.78 is 7.27. The third-order valence-electron chi connectivity index (χ3n) is 4.54. The Hall–Kier alpha value is -0.940. The van der Waals surface area contributed by atoms with Crippen molar-refractivity contribution in [3.05, 3.63) is 15.4 Å². The summed E-state index contributed by atoms with van der Waals surface area (Å²) in [5.41, 5.74) is 1.18. The number of rotatable bonds is 4. The second kappa shape index (κ2) is 7.36. The topological polar surface area (TPSA) is 43.6 Å². The fourth-order valence-corrected chi connectivity index (χ4v) is 3.99. The quantitative estimate of drug-likeness (QED) is 0.858. The molecule has 1 aliphatic carbocycles. The molecule has 0 spiro atoms. The molecule has 0 radical (unpaired) electrons. The second-order valence-corrected chi connectivity index (χ2v) is 7.17. The number of aryl methyl sites for hydroxylation is 1. The standard InChI is InChI=1S/C16H26N2O2S/c1-11-7-5-6-8-14(11)15(19)17-16-18(9-10-20-4)12(2)13(3)21-16/h11,14H,5-10H2,1-4H3. The molecule has 2 atom stereocenters. The van der Waals surface area contributed by atoms with Crippen LogP contribution in [0.15, 0.2) is 4.99 Å². The molecule has 5 heteroatoms. The van der Waals surface area contributed by atoms with Gasteiger partial charge in [-0.05, 0) is 32.6 Å². The first-order valence-electron chi connectivity index (χ1n) is 7.79. The molecule has 1 fully saturated rings. The summed E-state index contributed by atoms with van der Waals surface area (Å²) in [6, 6.07) is 0. The van der Waals surface area contributed by atoms with Gasteiger partial charge in [0.2, 0.25) is 0 Å². The van der Waals surface area contributed by atoms with Crippen molar-refractivity contribution in [1.29, 1.82) is 0 Å². The molecule has 0 aliphatic heterocycles. The highest BCUT2D eigenvalue weighted by Gasteiger charge is 2.27. The van der Waals surface area contributed by atoms with Crippen LogP contribution in [0, 0.1) is 25.7 Å². The van der Waals surface area contributed by atoms with Gasteiger partial charge in [-0.25, -0.2) is 0 Å². The summed E-state index contributed by atoms with van der Waals surface area (Å²) in [5.74, 6) is 0.636. The van der Waals surface area contributed by atoms with Crippen LogP contribution < -0.4 is 4.80 Å². The minimum Gasteiger partial charge on any atom is -0.383 e. The van der Waals surface area contributed by atoms with Crippen LogP contribution in [0.3, 0.4) is 0 Å². The third kappa shape index (κ3) is 3.83. The van der Waals surface area contributed by atoms with E-state index in [-0.39, 0.29) is 11.8 Å². The molecule has 2 unspecified atom stereocenters. The van der Waals surface area contributed by atoms with E-state index in [4.69, 9.17) is 4.74 Å². The molecule has 0 aromatic carbocycles. The Kier molecular flexibility index (Phi) is 5.76. The number of carbonyl (C=O) groups is 1. The van der Waals surface area contributed by atoms with E-state index in [1.165, 1.54) is 17.0 Å². The van der Waals surface area contributed by atoms with Crippen LogP contribution in [0.25, 0.3) is 0 Å². The van der Waals surface area contributed by atoms with Crippen LogP contribution >= 0.6 is 11.3 Å². The van der Waals surface area contributed by atoms with Crippen molar-refractivity contribution in [2.45, 2.75) is 53.0 Å². The van der Waals surface area contributed by atoms with E-state index in [1.54, 1.807) is 18.4 Å². The Balaban J connectivity index is 2.27. The van der Waals surface area contributed by atoms with E-state index >= 15 is 0 Å². The van der Waals surface area contributed by atoms with E-state index < -0.39 is 0 Å². The molecular weight excluding hydrogens is 284 g/mol. The number of methoxy groups -OCH3 is 1. The first kappa shape index (κ1) is 16.4. The number of ether oxygens (including phenoxy) is 1. The maximum atomic E-state index is 12.5. The van der Waals surface area contributed by atoms with Crippen LogP contribution in [0.4, 0.5) is 0 Å². The highest BCUT2D eigenvalue weighted by molar-refractivity contribution is 7.09. The van der Waals surface area contributed by atoms with Gasteiger partial charge in [-0.15, -0.1) is 11.3 Å². The Morgan fingerprint density at radius 3 is 2.76 bits per heavy atom. The summed E-state index contributed by atoms with van der Waals surface area (Å²) in [4.78, 5) is 19.0. The van der Waals surface area contributed by atoms with E-state index in [0.717, 1.165) is 30.6 Å². The molecular formula is C16H26N2O2S. The Bertz CT molecular complexity index is 559. The molecule has 1 saturated carbocycles. The maximum absolute atomic E-state index is 12.5. The molecule has 1 aliphatic rings. The minimum atomic E-state index is 0.0645. The summed E-state index contributed by atoms with van der Waals surface area (Å²) in [7, 11) is 1.70. The van der Waals surface area contributed by atoms with Crippen LogP contribution in [0.1, 0.15) is 43.2 Å². The van der Waals surface area contributed by atoms with Gasteiger partial charge in [-0.1, -0.05) is 19.8 Å². The lowest BCUT2D eigenvalue weighted by Crippen LogP contribution is -2.27. The summed E-state index contributed by atoms with van der Waals surface area (Å²) in [6.45, 7) is 7.72. The lowest BCUT2D eigenvalue weighted by atomic mass is 9.80. The number of carbonyl (C=O) groups excluding carboxylic acids is 1. The fourth-order valence-electron chi connectivity index (χ4n) is 2.99. The Morgan fingerprint density at radius 2 is 2.10 bits per heavy atom. The molecule has 1 heterocycles. The van der Waals surface area contributed by atoms with E-state index in [1.807, 2.05) is 0 Å². The van der Waals surface area contributed by atoms with Gasteiger partial charge in [-0.3, -0.25) is 4.79 Å². The van der Waals surface area contributed by atoms with Gasteiger partial charge in [0, 0.05) is 30.1 Å². The Morgan fingerprint density at radius 1 is 1.38 bits per heavy atom. The highest BCUT2D eigenvalue weighted by atomic mass is 32.1. The Labute approximate surface area is 130 Å². The normalized spacial score (nSPS) is 23.5. The minimum absolute atomic E-state index is 0.0645. The summed E-state index contributed by atoms with van der Waals surface area (Å²) >= 11 is 1.60. The van der Waals surface area contributed by atoms with Crippen molar-refractivity contribution in [1.82, 2.24) is 4.57 Å². The molecule has 1 aromatic heterocycles. The molecule has 0 bridgehead atoms. The molecule has 21 heavy (non-hydrogen) atoms. The molecule has 0 N–H and O–H groups in total. The van der Waals surface area contributed by atoms with Crippen molar-refractivity contribution in [2.75, 3.05) is 13.7 Å². The van der Waals surface area contributed by atoms with Gasteiger partial charge in [0.15, 0.2) is 4.80 Å². The zero-order valence-electron chi connectivity index (χ0n) is 13.5. The zero-order valence-corrected chi connectivity index (χ0v) is 14.3. The van der Waals surface area contributed by atoms with E-state index in [9.17, 15) is 4.79 Å². The number of hydrogen-bond acceptors (Lipinski definition) is 3. The number of nitrogens with zero attached hydrogens (tertiary/aromatic N) is 2. The number of amides is 1. The fraction of sp³-hybridized carbons (Fsp3) is 0.750. The predicted molar refractivity (Wildman–Crippen MR) is 85.4 cm³/mol. The SMILES string of the molecule is COCCn1c(C)c(C)sc1=NC(=O)C1CCCCC1C. The number of thiazole rings is 1. The molecule has 2 rings (SSSR count). The van der Waals surface area contributed by atoms with Gasteiger partial charge in [0.1, 0.15) is 0 Å². The van der Waals surface area contributed by atoms with Gasteiger partial charge in [-0.2, -0.15) is 4.99 Å². The molecule has 1 aromatic rings. The second-order valence-electron chi connectivity index (χ2n) is 5.99. The first-order chi connectivity index (χ1) is 10.0. The lowest BCUT2D eigenvalue weighted by Gasteiger charge is -2.25. The van der Waals surface area contributed by atoms with Crippen molar-refractivity contribution in [3.8, 4) is 0 Å². The maximum Gasteiger partial charge on any atom is 0.251 e. The monoisotopic (exact) mass is 310 g/mol. The van der Waals surface area contributed by atoms with Crippen molar-refractivity contribution in [3.63, 3.8) is 0 Å². The average molecular weight is 310 g/mol. The molecule has 118 valence electrons. The molecule has 1 amide bonds. The average Bonchev–Trinajstić information content (AvgIpc) is 2.72. The zero-order chi connectivity index (χ0) is 15.4. The first-order valence-corrected chi connectivity index (χ1v) is 8.60. The van der Waals surface area contributed by atoms with Crippen LogP contribution in [0.5, 0.6) is 0 Å². The van der Waals surface area contributed by atoms with Crippen LogP contribution in [0.2, 0.25) is 0 Å². The molecule has 4 nitrogen and oxygen atoms in total. The largest absolute Gasteiger partial charge is 0.383 e. The van der Waals surface area contributed by atoms with E-state index in [2.05, 4.69) is 30.3 Å². The molecule has 0 saturated heterocycles. The van der Waals surface area contributed by atoms with E-state index in [0.29, 0.717) is 12.5 Å². The van der Waals surface area contributed by atoms with Gasteiger partial charge in [0.25, 0.3) is 5.91 Å². The third-order valence-corrected chi connectivity index (χ3v) is 5.64. The predicted octanol–water partition coefficient (Wildman–Crippen LogP) is 3.07. The van der Waals surface area contributed by atoms with Crippen molar-refractivity contribution < 1.29 is 9.53 Å². The van der Waals surface area contributed by atoms with Gasteiger partial charge >= 0.3 is 0 Å². The van der Waals surface area contributed by atoms with Crippen LogP contribution in [-0.2, 0) is 16.1 Å². The lowest BCUT2D eigenvalue weighted by molar-refractivity contribution is -0.124. The summed E-state index contributed by atoms with van der Waals surface area (Å²) in [6.07, 6.45) is 4.54. The summed E-state index contributed by atoms with van der Waals surface area (Å²) in [5, 5.41) is 0. The smallest absolute Gasteiger partial charge is 0.251 e. The number of hydrogen-bond donors (Lipinski definition) is 0.